The maximum absolute atomic E-state index is 9.99. The zero-order valence-corrected chi connectivity index (χ0v) is 12.3. The van der Waals surface area contributed by atoms with Gasteiger partial charge < -0.3 is 15.3 Å². The SMILES string of the molecule is CC(=C\CO)/C(C)=C/CC[C@H](O)[C@@H](C)C/C=C/CO. The number of aliphatic hydroxyl groups excluding tert-OH is 3. The minimum Gasteiger partial charge on any atom is -0.393 e. The van der Waals surface area contributed by atoms with Crippen LogP contribution in [-0.2, 0) is 0 Å². The van der Waals surface area contributed by atoms with E-state index in [4.69, 9.17) is 10.2 Å². The summed E-state index contributed by atoms with van der Waals surface area (Å²) in [6.45, 7) is 6.12. The molecule has 0 bridgehead atoms. The van der Waals surface area contributed by atoms with Gasteiger partial charge in [0.05, 0.1) is 19.3 Å². The second-order valence-electron chi connectivity index (χ2n) is 4.97. The fourth-order valence-electron chi connectivity index (χ4n) is 1.76. The number of hydrogen-bond donors (Lipinski definition) is 3. The number of aliphatic hydroxyl groups is 3. The van der Waals surface area contributed by atoms with Crippen LogP contribution in [0, 0.1) is 5.92 Å². The highest BCUT2D eigenvalue weighted by atomic mass is 16.3. The molecule has 0 saturated carbocycles. The highest BCUT2D eigenvalue weighted by molar-refractivity contribution is 5.26. The van der Waals surface area contributed by atoms with Crippen LogP contribution in [0.5, 0.6) is 0 Å². The summed E-state index contributed by atoms with van der Waals surface area (Å²) in [6.07, 6.45) is 9.52. The third kappa shape index (κ3) is 8.76. The zero-order chi connectivity index (χ0) is 14.7. The summed E-state index contributed by atoms with van der Waals surface area (Å²) in [4.78, 5) is 0. The molecule has 0 radical (unpaired) electrons. The summed E-state index contributed by atoms with van der Waals surface area (Å²) in [5.74, 6) is 0.200. The first-order valence-electron chi connectivity index (χ1n) is 6.91. The number of allylic oxidation sites excluding steroid dienone is 4. The monoisotopic (exact) mass is 268 g/mol. The molecular formula is C16H28O3. The Bertz CT molecular complexity index is 316. The van der Waals surface area contributed by atoms with Crippen molar-refractivity contribution >= 4 is 0 Å². The smallest absolute Gasteiger partial charge is 0.0618 e. The molecule has 0 spiro atoms. The molecule has 0 rings (SSSR count). The van der Waals surface area contributed by atoms with Gasteiger partial charge in [0.1, 0.15) is 0 Å². The lowest BCUT2D eigenvalue weighted by molar-refractivity contribution is 0.110. The highest BCUT2D eigenvalue weighted by Gasteiger charge is 2.11. The van der Waals surface area contributed by atoms with Gasteiger partial charge in [0.15, 0.2) is 0 Å². The van der Waals surface area contributed by atoms with Crippen LogP contribution in [0.2, 0.25) is 0 Å². The molecule has 0 amide bonds. The average Bonchev–Trinajstić information content (AvgIpc) is 2.38. The van der Waals surface area contributed by atoms with Crippen LogP contribution in [0.4, 0.5) is 0 Å². The summed E-state index contributed by atoms with van der Waals surface area (Å²) < 4.78 is 0. The summed E-state index contributed by atoms with van der Waals surface area (Å²) in [7, 11) is 0. The van der Waals surface area contributed by atoms with Gasteiger partial charge in [-0.15, -0.1) is 0 Å². The predicted octanol–water partition coefficient (Wildman–Crippen LogP) is 2.59. The Balaban J connectivity index is 4.08. The van der Waals surface area contributed by atoms with Crippen LogP contribution in [0.3, 0.4) is 0 Å². The van der Waals surface area contributed by atoms with Crippen molar-refractivity contribution in [2.24, 2.45) is 5.92 Å². The van der Waals surface area contributed by atoms with E-state index in [-0.39, 0.29) is 25.2 Å². The third-order valence-corrected chi connectivity index (χ3v) is 3.37. The standard InChI is InChI=1S/C16H28O3/c1-13(14(2)10-12-18)8-6-9-16(19)15(3)7-4-5-11-17/h4-5,8,10,15-19H,6-7,9,11-12H2,1-3H3/b5-4+,13-8+,14-10+/t15-,16-/m0/s1. The first kappa shape index (κ1) is 18.1. The molecule has 0 aliphatic carbocycles. The molecular weight excluding hydrogens is 240 g/mol. The van der Waals surface area contributed by atoms with Crippen molar-refractivity contribution in [3.8, 4) is 0 Å². The first-order chi connectivity index (χ1) is 9.02. The lowest BCUT2D eigenvalue weighted by atomic mass is 9.96. The van der Waals surface area contributed by atoms with E-state index in [1.807, 2.05) is 26.8 Å². The molecule has 3 nitrogen and oxygen atoms in total. The summed E-state index contributed by atoms with van der Waals surface area (Å²) in [6, 6.07) is 0. The molecule has 0 aromatic rings. The first-order valence-corrected chi connectivity index (χ1v) is 6.91. The van der Waals surface area contributed by atoms with Crippen LogP contribution >= 0.6 is 0 Å². The van der Waals surface area contributed by atoms with Gasteiger partial charge in [-0.3, -0.25) is 0 Å². The fourth-order valence-corrected chi connectivity index (χ4v) is 1.76. The van der Waals surface area contributed by atoms with Crippen molar-refractivity contribution in [2.45, 2.75) is 46.1 Å². The number of rotatable bonds is 9. The van der Waals surface area contributed by atoms with Crippen molar-refractivity contribution in [3.63, 3.8) is 0 Å². The molecule has 19 heavy (non-hydrogen) atoms. The molecule has 2 atom stereocenters. The molecule has 0 fully saturated rings. The predicted molar refractivity (Wildman–Crippen MR) is 79.8 cm³/mol. The number of hydrogen-bond acceptors (Lipinski definition) is 3. The summed E-state index contributed by atoms with van der Waals surface area (Å²) in [5.41, 5.74) is 2.23. The molecule has 0 aromatic heterocycles. The van der Waals surface area contributed by atoms with E-state index in [1.165, 1.54) is 0 Å². The van der Waals surface area contributed by atoms with Crippen LogP contribution in [0.1, 0.15) is 40.0 Å². The molecule has 3 heteroatoms. The minimum atomic E-state index is -0.325. The summed E-state index contributed by atoms with van der Waals surface area (Å²) >= 11 is 0. The molecule has 0 aliphatic rings. The normalized spacial score (nSPS) is 16.9. The Morgan fingerprint density at radius 1 is 1.00 bits per heavy atom. The maximum atomic E-state index is 9.99. The largest absolute Gasteiger partial charge is 0.393 e. The van der Waals surface area contributed by atoms with Gasteiger partial charge >= 0.3 is 0 Å². The lowest BCUT2D eigenvalue weighted by Crippen LogP contribution is -2.16. The molecule has 3 N–H and O–H groups in total. The molecule has 110 valence electrons. The van der Waals surface area contributed by atoms with Gasteiger partial charge in [-0.25, -0.2) is 0 Å². The third-order valence-electron chi connectivity index (χ3n) is 3.37. The van der Waals surface area contributed by atoms with Crippen LogP contribution in [-0.4, -0.2) is 34.6 Å². The van der Waals surface area contributed by atoms with E-state index in [2.05, 4.69) is 6.08 Å². The van der Waals surface area contributed by atoms with E-state index < -0.39 is 0 Å². The van der Waals surface area contributed by atoms with Crippen molar-refractivity contribution < 1.29 is 15.3 Å². The zero-order valence-electron chi connectivity index (χ0n) is 12.3. The van der Waals surface area contributed by atoms with Crippen LogP contribution < -0.4 is 0 Å². The van der Waals surface area contributed by atoms with Crippen LogP contribution in [0.25, 0.3) is 0 Å². The van der Waals surface area contributed by atoms with E-state index in [9.17, 15) is 5.11 Å². The van der Waals surface area contributed by atoms with Gasteiger partial charge in [-0.05, 0) is 39.0 Å². The van der Waals surface area contributed by atoms with Gasteiger partial charge in [0, 0.05) is 0 Å². The molecule has 0 unspecified atom stereocenters. The van der Waals surface area contributed by atoms with Crippen LogP contribution in [0.15, 0.2) is 35.5 Å². The maximum Gasteiger partial charge on any atom is 0.0618 e. The van der Waals surface area contributed by atoms with Crippen molar-refractivity contribution in [2.75, 3.05) is 13.2 Å². The van der Waals surface area contributed by atoms with E-state index >= 15 is 0 Å². The minimum absolute atomic E-state index is 0.0568. The topological polar surface area (TPSA) is 60.7 Å². The van der Waals surface area contributed by atoms with Gasteiger partial charge in [0.25, 0.3) is 0 Å². The Morgan fingerprint density at radius 3 is 2.21 bits per heavy atom. The van der Waals surface area contributed by atoms with Crippen molar-refractivity contribution in [1.29, 1.82) is 0 Å². The Labute approximate surface area is 117 Å². The Morgan fingerprint density at radius 2 is 1.63 bits per heavy atom. The fraction of sp³-hybridized carbons (Fsp3) is 0.625. The van der Waals surface area contributed by atoms with E-state index in [1.54, 1.807) is 12.2 Å². The molecule has 0 saturated heterocycles. The molecule has 0 aliphatic heterocycles. The quantitative estimate of drug-likeness (QED) is 0.445. The van der Waals surface area contributed by atoms with E-state index in [0.717, 1.165) is 30.4 Å². The molecule has 0 aromatic carbocycles. The highest BCUT2D eigenvalue weighted by Crippen LogP contribution is 2.16. The van der Waals surface area contributed by atoms with E-state index in [0.29, 0.717) is 0 Å². The van der Waals surface area contributed by atoms with Crippen molar-refractivity contribution in [3.05, 3.63) is 35.5 Å². The van der Waals surface area contributed by atoms with Gasteiger partial charge in [-0.1, -0.05) is 42.4 Å². The second kappa shape index (κ2) is 11.0. The lowest BCUT2D eigenvalue weighted by Gasteiger charge is -2.16. The average molecular weight is 268 g/mol. The Hall–Kier alpha value is -0.900. The van der Waals surface area contributed by atoms with Gasteiger partial charge in [-0.2, -0.15) is 0 Å². The molecule has 0 heterocycles. The second-order valence-corrected chi connectivity index (χ2v) is 4.97. The summed E-state index contributed by atoms with van der Waals surface area (Å²) in [5, 5.41) is 27.4. The van der Waals surface area contributed by atoms with Gasteiger partial charge in [0.2, 0.25) is 0 Å². The van der Waals surface area contributed by atoms with Crippen molar-refractivity contribution in [1.82, 2.24) is 0 Å². The Kier molecular flexibility index (Phi) is 10.5.